The molecular weight excluding hydrogens is 336 g/mol. The molecular formula is C19H22N2O5. The summed E-state index contributed by atoms with van der Waals surface area (Å²) in [5.41, 5.74) is 1.69. The number of rotatable bonds is 3. The number of hydrogen-bond acceptors (Lipinski definition) is 5. The first-order valence-corrected chi connectivity index (χ1v) is 9.00. The molecule has 4 rings (SSSR count). The Morgan fingerprint density at radius 1 is 1.15 bits per heavy atom. The smallest absolute Gasteiger partial charge is 0.338 e. The molecule has 1 fully saturated rings. The molecule has 7 nitrogen and oxygen atoms in total. The first kappa shape index (κ1) is 16.8. The van der Waals surface area contributed by atoms with E-state index in [2.05, 4.69) is 10.6 Å². The molecule has 0 spiro atoms. The number of nitrogens with one attached hydrogen (secondary N) is 2. The maximum absolute atomic E-state index is 12.9. The second kappa shape index (κ2) is 6.90. The molecule has 0 saturated heterocycles. The second-order valence-corrected chi connectivity index (χ2v) is 6.85. The molecule has 0 bridgehead atoms. The molecule has 1 aromatic carbocycles. The lowest BCUT2D eigenvalue weighted by molar-refractivity contribution is -0.146. The third-order valence-electron chi connectivity index (χ3n) is 5.04. The van der Waals surface area contributed by atoms with Crippen LogP contribution in [0.25, 0.3) is 0 Å². The Bertz CT molecular complexity index is 767. The lowest BCUT2D eigenvalue weighted by atomic mass is 9.94. The van der Waals surface area contributed by atoms with Gasteiger partial charge < -0.3 is 24.8 Å². The highest BCUT2D eigenvalue weighted by atomic mass is 16.7. The molecule has 2 aliphatic heterocycles. The topological polar surface area (TPSA) is 85.9 Å². The van der Waals surface area contributed by atoms with E-state index in [1.54, 1.807) is 19.1 Å². The first-order chi connectivity index (χ1) is 12.6. The molecule has 1 aliphatic carbocycles. The Labute approximate surface area is 151 Å². The lowest BCUT2D eigenvalue weighted by Gasteiger charge is -2.30. The summed E-state index contributed by atoms with van der Waals surface area (Å²) >= 11 is 0. The average molecular weight is 358 g/mol. The predicted octanol–water partition coefficient (Wildman–Crippen LogP) is 2.92. The van der Waals surface area contributed by atoms with Gasteiger partial charge in [0.2, 0.25) is 6.79 Å². The normalized spacial score (nSPS) is 22.7. The second-order valence-electron chi connectivity index (χ2n) is 6.85. The molecule has 1 unspecified atom stereocenters. The highest BCUT2D eigenvalue weighted by molar-refractivity contribution is 5.95. The van der Waals surface area contributed by atoms with Gasteiger partial charge in [0.05, 0.1) is 11.6 Å². The molecule has 138 valence electrons. The Balaban J connectivity index is 1.62. The van der Waals surface area contributed by atoms with Crippen LogP contribution in [0.15, 0.2) is 29.5 Å². The zero-order chi connectivity index (χ0) is 18.1. The summed E-state index contributed by atoms with van der Waals surface area (Å²) in [5.74, 6) is 0.874. The monoisotopic (exact) mass is 358 g/mol. The molecule has 7 heteroatoms. The number of hydrogen-bond donors (Lipinski definition) is 2. The number of esters is 1. The Hall–Kier alpha value is -2.70. The van der Waals surface area contributed by atoms with Crippen molar-refractivity contribution in [1.82, 2.24) is 10.6 Å². The molecule has 0 radical (unpaired) electrons. The number of urea groups is 1. The minimum atomic E-state index is -0.589. The SMILES string of the molecule is CC1=C(C(=O)OC2CCCCC2)C(c2ccc3c(c2)OCO3)NC(=O)N1. The zero-order valence-electron chi connectivity index (χ0n) is 14.7. The van der Waals surface area contributed by atoms with Gasteiger partial charge in [0, 0.05) is 5.70 Å². The summed E-state index contributed by atoms with van der Waals surface area (Å²) in [6.45, 7) is 1.89. The maximum atomic E-state index is 12.9. The van der Waals surface area contributed by atoms with Crippen molar-refractivity contribution in [2.75, 3.05) is 6.79 Å². The highest BCUT2D eigenvalue weighted by Crippen LogP contribution is 2.37. The number of fused-ring (bicyclic) bond motifs is 1. The zero-order valence-corrected chi connectivity index (χ0v) is 14.7. The Morgan fingerprint density at radius 2 is 1.92 bits per heavy atom. The summed E-state index contributed by atoms with van der Waals surface area (Å²) < 4.78 is 16.5. The quantitative estimate of drug-likeness (QED) is 0.812. The van der Waals surface area contributed by atoms with E-state index in [-0.39, 0.29) is 24.9 Å². The van der Waals surface area contributed by atoms with Crippen LogP contribution in [0.5, 0.6) is 11.5 Å². The van der Waals surface area contributed by atoms with Crippen molar-refractivity contribution in [3.63, 3.8) is 0 Å². The molecule has 1 atom stereocenters. The van der Waals surface area contributed by atoms with Crippen molar-refractivity contribution in [2.45, 2.75) is 51.2 Å². The minimum Gasteiger partial charge on any atom is -0.459 e. The molecule has 0 aromatic heterocycles. The van der Waals surface area contributed by atoms with Gasteiger partial charge in [0.1, 0.15) is 6.10 Å². The number of benzene rings is 1. The molecule has 2 N–H and O–H groups in total. The molecule has 2 amide bonds. The third-order valence-corrected chi connectivity index (χ3v) is 5.04. The van der Waals surface area contributed by atoms with Gasteiger partial charge in [0.25, 0.3) is 0 Å². The summed E-state index contributed by atoms with van der Waals surface area (Å²) in [4.78, 5) is 24.9. The Kier molecular flexibility index (Phi) is 4.44. The summed E-state index contributed by atoms with van der Waals surface area (Å²) in [7, 11) is 0. The van der Waals surface area contributed by atoms with Gasteiger partial charge in [-0.1, -0.05) is 12.5 Å². The van der Waals surface area contributed by atoms with E-state index >= 15 is 0 Å². The van der Waals surface area contributed by atoms with Crippen LogP contribution in [-0.4, -0.2) is 24.9 Å². The van der Waals surface area contributed by atoms with Crippen molar-refractivity contribution in [3.05, 3.63) is 35.0 Å². The van der Waals surface area contributed by atoms with E-state index < -0.39 is 6.04 Å². The lowest BCUT2D eigenvalue weighted by Crippen LogP contribution is -2.45. The van der Waals surface area contributed by atoms with Gasteiger partial charge >= 0.3 is 12.0 Å². The largest absolute Gasteiger partial charge is 0.459 e. The average Bonchev–Trinajstić information content (AvgIpc) is 3.09. The van der Waals surface area contributed by atoms with Gasteiger partial charge in [0.15, 0.2) is 11.5 Å². The van der Waals surface area contributed by atoms with E-state index in [9.17, 15) is 9.59 Å². The standard InChI is InChI=1S/C19H22N2O5/c1-11-16(18(22)26-13-5-3-2-4-6-13)17(21-19(23)20-11)12-7-8-14-15(9-12)25-10-24-14/h7-9,13,17H,2-6,10H2,1H3,(H2,20,21,23). The van der Waals surface area contributed by atoms with Crippen molar-refractivity contribution in [2.24, 2.45) is 0 Å². The minimum absolute atomic E-state index is 0.0495. The molecule has 26 heavy (non-hydrogen) atoms. The van der Waals surface area contributed by atoms with E-state index in [0.29, 0.717) is 22.8 Å². The fraction of sp³-hybridized carbons (Fsp3) is 0.474. The highest BCUT2D eigenvalue weighted by Gasteiger charge is 2.34. The summed E-state index contributed by atoms with van der Waals surface area (Å²) in [6.07, 6.45) is 5.09. The number of carbonyl (C=O) groups excluding carboxylic acids is 2. The Morgan fingerprint density at radius 3 is 2.73 bits per heavy atom. The van der Waals surface area contributed by atoms with Gasteiger partial charge in [-0.25, -0.2) is 9.59 Å². The third kappa shape index (κ3) is 3.21. The molecule has 3 aliphatic rings. The van der Waals surface area contributed by atoms with E-state index in [1.165, 1.54) is 6.42 Å². The van der Waals surface area contributed by atoms with Gasteiger partial charge in [-0.15, -0.1) is 0 Å². The number of allylic oxidation sites excluding steroid dienone is 1. The fourth-order valence-electron chi connectivity index (χ4n) is 3.70. The molecule has 2 heterocycles. The van der Waals surface area contributed by atoms with Crippen molar-refractivity contribution in [3.8, 4) is 11.5 Å². The summed E-state index contributed by atoms with van der Waals surface area (Å²) in [6, 6.07) is 4.46. The van der Waals surface area contributed by atoms with Crippen molar-refractivity contribution < 1.29 is 23.8 Å². The van der Waals surface area contributed by atoms with E-state index in [4.69, 9.17) is 14.2 Å². The van der Waals surface area contributed by atoms with E-state index in [1.807, 2.05) is 6.07 Å². The van der Waals surface area contributed by atoms with Crippen LogP contribution in [0.4, 0.5) is 4.79 Å². The molecule has 1 aromatic rings. The van der Waals surface area contributed by atoms with Gasteiger partial charge in [-0.2, -0.15) is 0 Å². The van der Waals surface area contributed by atoms with Gasteiger partial charge in [-0.05, 0) is 50.3 Å². The fourth-order valence-corrected chi connectivity index (χ4v) is 3.70. The summed E-state index contributed by atoms with van der Waals surface area (Å²) in [5, 5.41) is 5.49. The van der Waals surface area contributed by atoms with Crippen LogP contribution >= 0.6 is 0 Å². The molecule has 1 saturated carbocycles. The van der Waals surface area contributed by atoms with Crippen LogP contribution in [-0.2, 0) is 9.53 Å². The maximum Gasteiger partial charge on any atom is 0.338 e. The van der Waals surface area contributed by atoms with Crippen LogP contribution in [0.2, 0.25) is 0 Å². The first-order valence-electron chi connectivity index (χ1n) is 9.00. The van der Waals surface area contributed by atoms with Gasteiger partial charge in [-0.3, -0.25) is 0 Å². The number of amides is 2. The van der Waals surface area contributed by atoms with Crippen molar-refractivity contribution >= 4 is 12.0 Å². The number of ether oxygens (including phenoxy) is 3. The van der Waals surface area contributed by atoms with Crippen molar-refractivity contribution in [1.29, 1.82) is 0 Å². The number of carbonyl (C=O) groups is 2. The van der Waals surface area contributed by atoms with Crippen LogP contribution < -0.4 is 20.1 Å². The van der Waals surface area contributed by atoms with E-state index in [0.717, 1.165) is 31.2 Å². The van der Waals surface area contributed by atoms with Crippen LogP contribution in [0.1, 0.15) is 50.6 Å². The predicted molar refractivity (Wildman–Crippen MR) is 92.6 cm³/mol. The van der Waals surface area contributed by atoms with Crippen LogP contribution in [0.3, 0.4) is 0 Å². The van der Waals surface area contributed by atoms with Crippen LogP contribution in [0, 0.1) is 0 Å².